The van der Waals surface area contributed by atoms with Crippen LogP contribution in [0, 0.1) is 0 Å². The van der Waals surface area contributed by atoms with Crippen LogP contribution in [0.4, 0.5) is 0 Å². The van der Waals surface area contributed by atoms with Gasteiger partial charge in [-0.2, -0.15) is 0 Å². The molecule has 1 aromatic heterocycles. The Kier molecular flexibility index (Phi) is 6.73. The number of fused-ring (bicyclic) bond motifs is 7. The number of allylic oxidation sites excluding steroid dienone is 3. The van der Waals surface area contributed by atoms with Gasteiger partial charge < -0.3 is 10.3 Å². The summed E-state index contributed by atoms with van der Waals surface area (Å²) in [5, 5.41) is 2.58. The molecule has 1 aliphatic rings. The molecule has 0 amide bonds. The fourth-order valence-electron chi connectivity index (χ4n) is 7.34. The monoisotopic (exact) mass is 592 g/mol. The third-order valence-corrected chi connectivity index (χ3v) is 9.71. The summed E-state index contributed by atoms with van der Waals surface area (Å²) in [5.74, 6) is 0. The minimum absolute atomic E-state index is 0.0559. The molecule has 222 valence electrons. The van der Waals surface area contributed by atoms with E-state index < -0.39 is 0 Å². The third-order valence-electron chi connectivity index (χ3n) is 9.71. The Labute approximate surface area is 270 Å². The third kappa shape index (κ3) is 4.57. The summed E-state index contributed by atoms with van der Waals surface area (Å²) in [4.78, 5) is 0. The first kappa shape index (κ1) is 27.9. The molecule has 1 aliphatic carbocycles. The number of para-hydroxylation sites is 1. The summed E-state index contributed by atoms with van der Waals surface area (Å²) in [6.45, 7) is 5.41. The summed E-state index contributed by atoms with van der Waals surface area (Å²) < 4.78 is 2.50. The lowest BCUT2D eigenvalue weighted by Gasteiger charge is -2.21. The topological polar surface area (TPSA) is 30.9 Å². The molecule has 2 nitrogen and oxygen atoms in total. The van der Waals surface area contributed by atoms with Crippen molar-refractivity contribution in [1.29, 1.82) is 0 Å². The summed E-state index contributed by atoms with van der Waals surface area (Å²) in [7, 11) is 0. The quantitative estimate of drug-likeness (QED) is 0.191. The number of hydrogen-bond donors (Lipinski definition) is 1. The molecule has 0 radical (unpaired) electrons. The lowest BCUT2D eigenvalue weighted by Crippen LogP contribution is -2.14. The molecule has 2 heteroatoms. The maximum absolute atomic E-state index is 6.82. The van der Waals surface area contributed by atoms with E-state index in [0.29, 0.717) is 6.54 Å². The van der Waals surface area contributed by atoms with Gasteiger partial charge in [0.1, 0.15) is 0 Å². The molecule has 6 aromatic carbocycles. The molecule has 0 bridgehead atoms. The van der Waals surface area contributed by atoms with Gasteiger partial charge in [-0.3, -0.25) is 0 Å². The highest BCUT2D eigenvalue weighted by molar-refractivity contribution is 6.14. The summed E-state index contributed by atoms with van der Waals surface area (Å²) >= 11 is 0. The molecular formula is C44H36N2. The van der Waals surface area contributed by atoms with Crippen LogP contribution in [0.25, 0.3) is 55.3 Å². The van der Waals surface area contributed by atoms with Gasteiger partial charge in [-0.05, 0) is 56.7 Å². The Morgan fingerprint density at radius 2 is 1.26 bits per heavy atom. The van der Waals surface area contributed by atoms with Gasteiger partial charge in [-0.15, -0.1) is 0 Å². The first-order chi connectivity index (χ1) is 22.5. The van der Waals surface area contributed by atoms with Gasteiger partial charge in [-0.25, -0.2) is 0 Å². The molecule has 0 atom stereocenters. The Bertz CT molecular complexity index is 2280. The number of hydrogen-bond acceptors (Lipinski definition) is 1. The molecule has 0 fully saturated rings. The van der Waals surface area contributed by atoms with Crippen LogP contribution in [-0.4, -0.2) is 4.57 Å². The van der Waals surface area contributed by atoms with Crippen LogP contribution >= 0.6 is 0 Å². The molecule has 2 N–H and O–H groups in total. The number of aromatic nitrogens is 1. The van der Waals surface area contributed by atoms with Gasteiger partial charge in [0, 0.05) is 39.5 Å². The van der Waals surface area contributed by atoms with Crippen molar-refractivity contribution in [3.8, 4) is 22.3 Å². The highest BCUT2D eigenvalue weighted by atomic mass is 15.0. The fourth-order valence-corrected chi connectivity index (χ4v) is 7.34. The van der Waals surface area contributed by atoms with Crippen molar-refractivity contribution in [2.45, 2.75) is 25.8 Å². The molecule has 7 aromatic rings. The zero-order valence-electron chi connectivity index (χ0n) is 26.2. The highest BCUT2D eigenvalue weighted by Crippen LogP contribution is 2.52. The molecule has 0 unspecified atom stereocenters. The van der Waals surface area contributed by atoms with Crippen LogP contribution in [-0.2, 0) is 12.0 Å². The largest absolute Gasteiger partial charge is 0.398 e. The molecule has 0 aliphatic heterocycles. The van der Waals surface area contributed by atoms with E-state index in [2.05, 4.69) is 170 Å². The van der Waals surface area contributed by atoms with Crippen molar-refractivity contribution < 1.29 is 0 Å². The molecule has 8 rings (SSSR count). The van der Waals surface area contributed by atoms with E-state index in [4.69, 9.17) is 5.73 Å². The lowest BCUT2D eigenvalue weighted by atomic mass is 9.82. The smallest absolute Gasteiger partial charge is 0.0577 e. The van der Waals surface area contributed by atoms with E-state index >= 15 is 0 Å². The molecular weight excluding hydrogens is 556 g/mol. The van der Waals surface area contributed by atoms with Gasteiger partial charge in [-0.1, -0.05) is 159 Å². The lowest BCUT2D eigenvalue weighted by molar-refractivity contribution is 0.660. The van der Waals surface area contributed by atoms with Crippen LogP contribution in [0.15, 0.2) is 158 Å². The van der Waals surface area contributed by atoms with Gasteiger partial charge in [0.25, 0.3) is 0 Å². The van der Waals surface area contributed by atoms with Crippen molar-refractivity contribution >= 4 is 33.1 Å². The zero-order valence-corrected chi connectivity index (χ0v) is 26.2. The van der Waals surface area contributed by atoms with Crippen molar-refractivity contribution in [2.75, 3.05) is 0 Å². The predicted octanol–water partition coefficient (Wildman–Crippen LogP) is 10.9. The Morgan fingerprint density at radius 1 is 0.609 bits per heavy atom. The normalized spacial score (nSPS) is 14.0. The SMILES string of the molecule is CC1(C)c2ccccc2-c2c1ccc1c3ccccc3n(C/C=C(\C=C(/N)c3ccc(-c4ccccc4)cc3)c3ccccc3)c21. The van der Waals surface area contributed by atoms with E-state index in [0.717, 1.165) is 22.4 Å². The number of benzene rings is 6. The molecule has 0 saturated carbocycles. The average Bonchev–Trinajstić information content (AvgIpc) is 3.55. The average molecular weight is 593 g/mol. The van der Waals surface area contributed by atoms with Gasteiger partial charge >= 0.3 is 0 Å². The Morgan fingerprint density at radius 3 is 2.04 bits per heavy atom. The number of rotatable bonds is 6. The van der Waals surface area contributed by atoms with E-state index in [1.807, 2.05) is 6.07 Å². The Balaban J connectivity index is 1.27. The molecule has 0 saturated heterocycles. The van der Waals surface area contributed by atoms with Gasteiger partial charge in [0.15, 0.2) is 0 Å². The maximum atomic E-state index is 6.82. The fraction of sp³-hybridized carbons (Fsp3) is 0.0909. The van der Waals surface area contributed by atoms with E-state index in [1.54, 1.807) is 0 Å². The summed E-state index contributed by atoms with van der Waals surface area (Å²) in [6, 6.07) is 52.0. The minimum Gasteiger partial charge on any atom is -0.398 e. The van der Waals surface area contributed by atoms with Crippen LogP contribution < -0.4 is 5.73 Å². The Hall–Kier alpha value is -5.60. The molecule has 1 heterocycles. The zero-order chi connectivity index (χ0) is 31.3. The minimum atomic E-state index is -0.0559. The summed E-state index contributed by atoms with van der Waals surface area (Å²) in [6.07, 6.45) is 4.46. The van der Waals surface area contributed by atoms with Crippen LogP contribution in [0.2, 0.25) is 0 Å². The van der Waals surface area contributed by atoms with Crippen molar-refractivity contribution in [3.63, 3.8) is 0 Å². The van der Waals surface area contributed by atoms with Crippen molar-refractivity contribution in [2.24, 2.45) is 5.73 Å². The number of nitrogens with zero attached hydrogens (tertiary/aromatic N) is 1. The van der Waals surface area contributed by atoms with Gasteiger partial charge in [0.2, 0.25) is 0 Å². The molecule has 0 spiro atoms. The second kappa shape index (κ2) is 11.1. The second-order valence-electron chi connectivity index (χ2n) is 12.8. The highest BCUT2D eigenvalue weighted by Gasteiger charge is 2.37. The van der Waals surface area contributed by atoms with Crippen molar-refractivity contribution in [1.82, 2.24) is 4.57 Å². The van der Waals surface area contributed by atoms with Gasteiger partial charge in [0.05, 0.1) is 5.52 Å². The van der Waals surface area contributed by atoms with E-state index in [-0.39, 0.29) is 5.41 Å². The van der Waals surface area contributed by atoms with E-state index in [1.165, 1.54) is 55.2 Å². The maximum Gasteiger partial charge on any atom is 0.0577 e. The first-order valence-corrected chi connectivity index (χ1v) is 16.0. The predicted molar refractivity (Wildman–Crippen MR) is 195 cm³/mol. The number of nitrogens with two attached hydrogens (primary N) is 1. The van der Waals surface area contributed by atoms with Crippen molar-refractivity contribution in [3.05, 3.63) is 180 Å². The standard InChI is InChI=1S/C44H36N2/c1-44(2)38-19-11-9-18-37(38)42-39(44)26-25-36-35-17-10-12-20-41(35)46(43(36)42)28-27-34(31-15-7-4-8-16-31)29-40(45)33-23-21-32(22-24-33)30-13-5-3-6-14-30/h3-27,29H,28,45H2,1-2H3/b34-27+,40-29-. The van der Waals surface area contributed by atoms with Crippen LogP contribution in [0.5, 0.6) is 0 Å². The summed E-state index contributed by atoms with van der Waals surface area (Å²) in [5.41, 5.74) is 21.2. The molecule has 46 heavy (non-hydrogen) atoms. The first-order valence-electron chi connectivity index (χ1n) is 16.0. The van der Waals surface area contributed by atoms with Crippen LogP contribution in [0.3, 0.4) is 0 Å². The van der Waals surface area contributed by atoms with Crippen LogP contribution in [0.1, 0.15) is 36.1 Å². The second-order valence-corrected chi connectivity index (χ2v) is 12.8. The van der Waals surface area contributed by atoms with E-state index in [9.17, 15) is 0 Å².